The van der Waals surface area contributed by atoms with E-state index in [4.69, 9.17) is 0 Å². The summed E-state index contributed by atoms with van der Waals surface area (Å²) in [5.41, 5.74) is 3.13. The van der Waals surface area contributed by atoms with Crippen molar-refractivity contribution in [3.05, 3.63) is 54.1 Å². The molecule has 0 aromatic heterocycles. The van der Waals surface area contributed by atoms with E-state index < -0.39 is 0 Å². The van der Waals surface area contributed by atoms with Crippen molar-refractivity contribution in [2.45, 2.75) is 12.8 Å². The largest absolute Gasteiger partial charge is 0.506 e. The summed E-state index contributed by atoms with van der Waals surface area (Å²) in [6.07, 6.45) is 2.02. The van der Waals surface area contributed by atoms with Gasteiger partial charge < -0.3 is 25.1 Å². The van der Waals surface area contributed by atoms with E-state index >= 15 is 0 Å². The molecule has 7 nitrogen and oxygen atoms in total. The van der Waals surface area contributed by atoms with Crippen molar-refractivity contribution in [1.82, 2.24) is 10.2 Å². The molecule has 1 saturated heterocycles. The van der Waals surface area contributed by atoms with E-state index in [0.29, 0.717) is 5.75 Å². The lowest BCUT2D eigenvalue weighted by Crippen LogP contribution is -2.54. The molecule has 30 heavy (non-hydrogen) atoms. The summed E-state index contributed by atoms with van der Waals surface area (Å²) in [6.45, 7) is 4.09. The molecule has 2 aromatic rings. The molecule has 2 aromatic carbocycles. The van der Waals surface area contributed by atoms with Crippen LogP contribution in [-0.2, 0) is 11.2 Å². The molecule has 0 aliphatic carbocycles. The smallest absolute Gasteiger partial charge is 0.246 e. The van der Waals surface area contributed by atoms with E-state index in [0.717, 1.165) is 62.9 Å². The van der Waals surface area contributed by atoms with E-state index in [-0.39, 0.29) is 12.5 Å². The first-order valence-corrected chi connectivity index (χ1v) is 10.5. The number of phenols is 1. The summed E-state index contributed by atoms with van der Waals surface area (Å²) in [5, 5.41) is 13.3. The number of carbonyl (C=O) groups excluding carboxylic acids is 1. The Hall–Kier alpha value is -3.22. The van der Waals surface area contributed by atoms with E-state index in [9.17, 15) is 9.90 Å². The minimum absolute atomic E-state index is 0.0659. The Bertz CT molecular complexity index is 921. The lowest BCUT2D eigenvalue weighted by molar-refractivity contribution is -0.117. The lowest BCUT2D eigenvalue weighted by atomic mass is 10.0. The standard InChI is InChI=1S/C23H29N5O2/c1-24-23(27-15-13-26(14-16-27)20-10-4-5-11-21(20)29)25-17-22(30)28-12-6-8-18-7-2-3-9-19(18)28/h2-5,7,9-11,29H,6,8,12-17H2,1H3,(H,24,25). The molecule has 7 heteroatoms. The molecule has 0 radical (unpaired) electrons. The Morgan fingerprint density at radius 1 is 1.00 bits per heavy atom. The van der Waals surface area contributed by atoms with Gasteiger partial charge in [0, 0.05) is 45.5 Å². The summed E-state index contributed by atoms with van der Waals surface area (Å²) in [7, 11) is 1.75. The van der Waals surface area contributed by atoms with Crippen LogP contribution in [0.15, 0.2) is 53.5 Å². The van der Waals surface area contributed by atoms with Crippen LogP contribution in [0.5, 0.6) is 5.75 Å². The van der Waals surface area contributed by atoms with Crippen molar-refractivity contribution < 1.29 is 9.90 Å². The second-order valence-corrected chi connectivity index (χ2v) is 7.64. The fourth-order valence-corrected chi connectivity index (χ4v) is 4.27. The van der Waals surface area contributed by atoms with Gasteiger partial charge in [-0.25, -0.2) is 0 Å². The number of aromatic hydroxyl groups is 1. The number of amides is 1. The first-order chi connectivity index (χ1) is 14.7. The van der Waals surface area contributed by atoms with Gasteiger partial charge in [0.25, 0.3) is 0 Å². The average molecular weight is 408 g/mol. The number of benzene rings is 2. The number of phenolic OH excluding ortho intramolecular Hbond substituents is 1. The van der Waals surface area contributed by atoms with Gasteiger partial charge in [-0.3, -0.25) is 9.79 Å². The van der Waals surface area contributed by atoms with Crippen molar-refractivity contribution in [3.8, 4) is 5.75 Å². The Morgan fingerprint density at radius 3 is 2.43 bits per heavy atom. The number of carbonyl (C=O) groups is 1. The van der Waals surface area contributed by atoms with Gasteiger partial charge >= 0.3 is 0 Å². The Balaban J connectivity index is 1.33. The highest BCUT2D eigenvalue weighted by Crippen LogP contribution is 2.28. The molecule has 2 N–H and O–H groups in total. The van der Waals surface area contributed by atoms with Crippen molar-refractivity contribution in [2.24, 2.45) is 4.99 Å². The van der Waals surface area contributed by atoms with E-state index in [2.05, 4.69) is 26.2 Å². The molecule has 2 aliphatic heterocycles. The van der Waals surface area contributed by atoms with Crippen LogP contribution >= 0.6 is 0 Å². The number of nitrogens with one attached hydrogen (secondary N) is 1. The number of hydrogen-bond donors (Lipinski definition) is 2. The predicted octanol–water partition coefficient (Wildman–Crippen LogP) is 2.07. The molecule has 2 aliphatic rings. The molecule has 0 saturated carbocycles. The molecule has 0 unspecified atom stereocenters. The second kappa shape index (κ2) is 9.07. The normalized spacial score (nSPS) is 17.0. The van der Waals surface area contributed by atoms with Crippen molar-refractivity contribution >= 4 is 23.2 Å². The molecule has 4 rings (SSSR count). The van der Waals surface area contributed by atoms with Gasteiger partial charge in [-0.1, -0.05) is 30.3 Å². The quantitative estimate of drug-likeness (QED) is 0.602. The average Bonchev–Trinajstić information content (AvgIpc) is 2.80. The molecule has 0 bridgehead atoms. The molecule has 1 fully saturated rings. The minimum atomic E-state index is 0.0659. The Labute approximate surface area is 177 Å². The highest BCUT2D eigenvalue weighted by molar-refractivity contribution is 5.98. The summed E-state index contributed by atoms with van der Waals surface area (Å²) >= 11 is 0. The third-order valence-electron chi connectivity index (χ3n) is 5.82. The zero-order valence-corrected chi connectivity index (χ0v) is 17.4. The maximum Gasteiger partial charge on any atom is 0.246 e. The number of nitrogens with zero attached hydrogens (tertiary/aromatic N) is 4. The number of aryl methyl sites for hydroxylation is 1. The number of piperazine rings is 1. The number of hydrogen-bond acceptors (Lipinski definition) is 4. The van der Waals surface area contributed by atoms with Crippen LogP contribution in [0.4, 0.5) is 11.4 Å². The highest BCUT2D eigenvalue weighted by atomic mass is 16.3. The lowest BCUT2D eigenvalue weighted by Gasteiger charge is -2.38. The molecule has 0 atom stereocenters. The molecule has 1 amide bonds. The highest BCUT2D eigenvalue weighted by Gasteiger charge is 2.24. The number of rotatable bonds is 3. The molecule has 2 heterocycles. The third kappa shape index (κ3) is 4.20. The Morgan fingerprint density at radius 2 is 1.70 bits per heavy atom. The number of guanidine groups is 1. The fourth-order valence-electron chi connectivity index (χ4n) is 4.27. The van der Waals surface area contributed by atoms with Gasteiger partial charge in [-0.15, -0.1) is 0 Å². The fraction of sp³-hybridized carbons (Fsp3) is 0.391. The van der Waals surface area contributed by atoms with Crippen LogP contribution in [0.1, 0.15) is 12.0 Å². The number of aliphatic imine (C=N–C) groups is 1. The van der Waals surface area contributed by atoms with E-state index in [1.165, 1.54) is 5.56 Å². The zero-order valence-electron chi connectivity index (χ0n) is 17.4. The molecule has 0 spiro atoms. The number of anilines is 2. The molecular formula is C23H29N5O2. The minimum Gasteiger partial charge on any atom is -0.506 e. The monoisotopic (exact) mass is 407 g/mol. The first-order valence-electron chi connectivity index (χ1n) is 10.5. The van der Waals surface area contributed by atoms with Gasteiger partial charge in [0.1, 0.15) is 5.75 Å². The third-order valence-corrected chi connectivity index (χ3v) is 5.82. The van der Waals surface area contributed by atoms with Gasteiger partial charge in [0.05, 0.1) is 12.2 Å². The van der Waals surface area contributed by atoms with Crippen LogP contribution in [-0.4, -0.2) is 68.2 Å². The van der Waals surface area contributed by atoms with Gasteiger partial charge in [0.15, 0.2) is 5.96 Å². The number of fused-ring (bicyclic) bond motifs is 1. The van der Waals surface area contributed by atoms with Crippen molar-refractivity contribution in [2.75, 3.05) is 56.1 Å². The van der Waals surface area contributed by atoms with Crippen LogP contribution in [0.3, 0.4) is 0 Å². The van der Waals surface area contributed by atoms with E-state index in [1.54, 1.807) is 13.1 Å². The molecule has 158 valence electrons. The summed E-state index contributed by atoms with van der Waals surface area (Å²) in [4.78, 5) is 23.5. The van der Waals surface area contributed by atoms with Crippen LogP contribution in [0, 0.1) is 0 Å². The van der Waals surface area contributed by atoms with Crippen molar-refractivity contribution in [3.63, 3.8) is 0 Å². The zero-order chi connectivity index (χ0) is 20.9. The van der Waals surface area contributed by atoms with Crippen molar-refractivity contribution in [1.29, 1.82) is 0 Å². The van der Waals surface area contributed by atoms with Gasteiger partial charge in [-0.05, 0) is 36.6 Å². The van der Waals surface area contributed by atoms with E-state index in [1.807, 2.05) is 41.3 Å². The van der Waals surface area contributed by atoms with Crippen LogP contribution in [0.25, 0.3) is 0 Å². The van der Waals surface area contributed by atoms with Gasteiger partial charge in [-0.2, -0.15) is 0 Å². The van der Waals surface area contributed by atoms with Crippen LogP contribution in [0.2, 0.25) is 0 Å². The van der Waals surface area contributed by atoms with Gasteiger partial charge in [0.2, 0.25) is 5.91 Å². The maximum atomic E-state index is 12.9. The first kappa shape index (κ1) is 20.1. The predicted molar refractivity (Wildman–Crippen MR) is 120 cm³/mol. The maximum absolute atomic E-state index is 12.9. The Kier molecular flexibility index (Phi) is 6.07. The summed E-state index contributed by atoms with van der Waals surface area (Å²) in [6, 6.07) is 15.6. The second-order valence-electron chi connectivity index (χ2n) is 7.64. The SMILES string of the molecule is CN=C(NCC(=O)N1CCCc2ccccc21)N1CCN(c2ccccc2O)CC1. The summed E-state index contributed by atoms with van der Waals surface area (Å²) in [5.74, 6) is 1.11. The number of para-hydroxylation sites is 3. The molecular weight excluding hydrogens is 378 g/mol. The van der Waals surface area contributed by atoms with Crippen LogP contribution < -0.4 is 15.1 Å². The summed E-state index contributed by atoms with van der Waals surface area (Å²) < 4.78 is 0. The topological polar surface area (TPSA) is 71.4 Å².